The second kappa shape index (κ2) is 6.07. The molecule has 0 heterocycles. The molecule has 1 rings (SSSR count). The molecule has 0 radical (unpaired) electrons. The highest BCUT2D eigenvalue weighted by atomic mass is 16.1. The highest BCUT2D eigenvalue weighted by Crippen LogP contribution is 2.19. The molecule has 0 saturated heterocycles. The molecule has 2 N–H and O–H groups in total. The summed E-state index contributed by atoms with van der Waals surface area (Å²) in [5.74, 6) is -0.133. The molecule has 1 aromatic rings. The zero-order valence-electron chi connectivity index (χ0n) is 10.1. The Balaban J connectivity index is 2.88. The second-order valence-corrected chi connectivity index (χ2v) is 3.64. The lowest BCUT2D eigenvalue weighted by atomic mass is 10.1. The van der Waals surface area contributed by atoms with Crippen molar-refractivity contribution in [3.8, 4) is 12.1 Å². The number of amides is 1. The Hall–Kier alpha value is -2.79. The number of rotatable bonds is 3. The van der Waals surface area contributed by atoms with Crippen molar-refractivity contribution in [1.82, 2.24) is 0 Å². The molecular weight excluding hydrogens is 228 g/mol. The first-order valence-electron chi connectivity index (χ1n) is 5.22. The molecule has 1 aromatic carbocycles. The van der Waals surface area contributed by atoms with E-state index in [4.69, 9.17) is 10.5 Å². The smallest absolute Gasteiger partial charge is 0.221 e. The van der Waals surface area contributed by atoms with Gasteiger partial charge in [0.05, 0.1) is 0 Å². The van der Waals surface area contributed by atoms with Crippen LogP contribution in [0.3, 0.4) is 0 Å². The first kappa shape index (κ1) is 13.3. The third kappa shape index (κ3) is 3.66. The lowest BCUT2D eigenvalue weighted by Gasteiger charge is -2.08. The number of benzene rings is 1. The molecule has 90 valence electrons. The number of nitrogens with zero attached hydrogens (tertiary/aromatic N) is 2. The fourth-order valence-electron chi connectivity index (χ4n) is 1.35. The van der Waals surface area contributed by atoms with E-state index in [0.29, 0.717) is 5.69 Å². The van der Waals surface area contributed by atoms with Crippen LogP contribution in [0.25, 0.3) is 0 Å². The molecular formula is C13H12N4O. The van der Waals surface area contributed by atoms with Crippen molar-refractivity contribution in [3.05, 3.63) is 35.5 Å². The van der Waals surface area contributed by atoms with Crippen LogP contribution in [0.1, 0.15) is 12.5 Å². The fourth-order valence-corrected chi connectivity index (χ4v) is 1.35. The van der Waals surface area contributed by atoms with Gasteiger partial charge in [0.15, 0.2) is 0 Å². The van der Waals surface area contributed by atoms with Gasteiger partial charge >= 0.3 is 0 Å². The summed E-state index contributed by atoms with van der Waals surface area (Å²) in [5, 5.41) is 22.7. The summed E-state index contributed by atoms with van der Waals surface area (Å²) in [5.41, 5.74) is 2.37. The first-order chi connectivity index (χ1) is 8.56. The summed E-state index contributed by atoms with van der Waals surface area (Å²) in [6, 6.07) is 8.83. The summed E-state index contributed by atoms with van der Waals surface area (Å²) in [6.07, 6.45) is 1.35. The molecule has 0 spiro atoms. The van der Waals surface area contributed by atoms with E-state index in [9.17, 15) is 4.79 Å². The zero-order chi connectivity index (χ0) is 13.5. The molecule has 0 saturated carbocycles. The minimum atomic E-state index is -0.133. The van der Waals surface area contributed by atoms with Crippen LogP contribution in [0.4, 0.5) is 11.4 Å². The number of aryl methyl sites for hydroxylation is 1. The number of carbonyl (C=O) groups excluding carboxylic acids is 1. The standard InChI is InChI=1S/C13H12N4O/c1-9-5-12(17-10(2)18)3-4-13(9)16-8-11(6-14)7-15/h3-5,8,16H,1-2H3,(H,17,18). The van der Waals surface area contributed by atoms with Crippen LogP contribution in [0.15, 0.2) is 30.0 Å². The monoisotopic (exact) mass is 240 g/mol. The van der Waals surface area contributed by atoms with Crippen LogP contribution in [-0.4, -0.2) is 5.91 Å². The highest BCUT2D eigenvalue weighted by molar-refractivity contribution is 5.89. The molecule has 18 heavy (non-hydrogen) atoms. The van der Waals surface area contributed by atoms with Crippen molar-refractivity contribution in [1.29, 1.82) is 10.5 Å². The van der Waals surface area contributed by atoms with Crippen molar-refractivity contribution in [2.24, 2.45) is 0 Å². The number of carbonyl (C=O) groups is 1. The summed E-state index contributed by atoms with van der Waals surface area (Å²) in [4.78, 5) is 10.9. The fraction of sp³-hybridized carbons (Fsp3) is 0.154. The Labute approximate surface area is 105 Å². The van der Waals surface area contributed by atoms with E-state index in [1.165, 1.54) is 13.1 Å². The van der Waals surface area contributed by atoms with E-state index < -0.39 is 0 Å². The first-order valence-corrected chi connectivity index (χ1v) is 5.22. The van der Waals surface area contributed by atoms with Crippen molar-refractivity contribution in [3.63, 3.8) is 0 Å². The summed E-state index contributed by atoms with van der Waals surface area (Å²) in [6.45, 7) is 3.30. The van der Waals surface area contributed by atoms with E-state index in [0.717, 1.165) is 11.3 Å². The van der Waals surface area contributed by atoms with E-state index >= 15 is 0 Å². The Bertz CT molecular complexity index is 560. The normalized spacial score (nSPS) is 8.67. The minimum Gasteiger partial charge on any atom is -0.360 e. The third-order valence-corrected chi connectivity index (χ3v) is 2.16. The minimum absolute atomic E-state index is 0.000313. The van der Waals surface area contributed by atoms with Gasteiger partial charge in [0.1, 0.15) is 17.7 Å². The van der Waals surface area contributed by atoms with Gasteiger partial charge in [-0.05, 0) is 30.7 Å². The van der Waals surface area contributed by atoms with Crippen LogP contribution < -0.4 is 10.6 Å². The largest absolute Gasteiger partial charge is 0.360 e. The Kier molecular flexibility index (Phi) is 4.48. The average molecular weight is 240 g/mol. The maximum atomic E-state index is 10.9. The molecule has 0 aliphatic rings. The number of hydrogen-bond donors (Lipinski definition) is 2. The molecule has 0 aliphatic heterocycles. The van der Waals surface area contributed by atoms with Crippen LogP contribution in [0.5, 0.6) is 0 Å². The van der Waals surface area contributed by atoms with Crippen LogP contribution in [0.2, 0.25) is 0 Å². The molecule has 0 unspecified atom stereocenters. The topological polar surface area (TPSA) is 88.7 Å². The molecule has 0 aromatic heterocycles. The van der Waals surface area contributed by atoms with Gasteiger partial charge in [0.2, 0.25) is 5.91 Å². The highest BCUT2D eigenvalue weighted by Gasteiger charge is 2.00. The Morgan fingerprint density at radius 2 is 2.00 bits per heavy atom. The van der Waals surface area contributed by atoms with Crippen molar-refractivity contribution in [2.45, 2.75) is 13.8 Å². The van der Waals surface area contributed by atoms with E-state index in [2.05, 4.69) is 10.6 Å². The van der Waals surface area contributed by atoms with Gasteiger partial charge in [0, 0.05) is 24.5 Å². The lowest BCUT2D eigenvalue weighted by Crippen LogP contribution is -2.06. The van der Waals surface area contributed by atoms with Crippen LogP contribution in [0, 0.1) is 29.6 Å². The quantitative estimate of drug-likeness (QED) is 0.793. The molecule has 0 atom stereocenters. The average Bonchev–Trinajstić information content (AvgIpc) is 2.32. The zero-order valence-corrected chi connectivity index (χ0v) is 10.1. The van der Waals surface area contributed by atoms with Gasteiger partial charge in [0.25, 0.3) is 0 Å². The molecule has 0 fully saturated rings. The lowest BCUT2D eigenvalue weighted by molar-refractivity contribution is -0.114. The van der Waals surface area contributed by atoms with Gasteiger partial charge in [-0.3, -0.25) is 4.79 Å². The number of allylic oxidation sites excluding steroid dienone is 1. The third-order valence-electron chi connectivity index (χ3n) is 2.16. The summed E-state index contributed by atoms with van der Waals surface area (Å²) < 4.78 is 0. The predicted molar refractivity (Wildman–Crippen MR) is 68.4 cm³/mol. The van der Waals surface area contributed by atoms with Gasteiger partial charge in [-0.2, -0.15) is 10.5 Å². The molecule has 0 bridgehead atoms. The van der Waals surface area contributed by atoms with E-state index in [1.54, 1.807) is 30.3 Å². The van der Waals surface area contributed by atoms with Gasteiger partial charge < -0.3 is 10.6 Å². The van der Waals surface area contributed by atoms with Crippen LogP contribution >= 0.6 is 0 Å². The van der Waals surface area contributed by atoms with Crippen molar-refractivity contribution in [2.75, 3.05) is 10.6 Å². The molecule has 5 heteroatoms. The number of hydrogen-bond acceptors (Lipinski definition) is 4. The Morgan fingerprint density at radius 1 is 1.33 bits per heavy atom. The van der Waals surface area contributed by atoms with Crippen LogP contribution in [-0.2, 0) is 4.79 Å². The maximum absolute atomic E-state index is 10.9. The molecule has 5 nitrogen and oxygen atoms in total. The number of nitrogens with one attached hydrogen (secondary N) is 2. The molecule has 1 amide bonds. The van der Waals surface area contributed by atoms with Gasteiger partial charge in [-0.1, -0.05) is 0 Å². The number of nitriles is 2. The predicted octanol–water partition coefficient (Wildman–Crippen LogP) is 2.30. The van der Waals surface area contributed by atoms with Crippen molar-refractivity contribution < 1.29 is 4.79 Å². The van der Waals surface area contributed by atoms with Gasteiger partial charge in [-0.15, -0.1) is 0 Å². The van der Waals surface area contributed by atoms with Gasteiger partial charge in [-0.25, -0.2) is 0 Å². The molecule has 0 aliphatic carbocycles. The second-order valence-electron chi connectivity index (χ2n) is 3.64. The Morgan fingerprint density at radius 3 is 2.50 bits per heavy atom. The summed E-state index contributed by atoms with van der Waals surface area (Å²) >= 11 is 0. The maximum Gasteiger partial charge on any atom is 0.221 e. The van der Waals surface area contributed by atoms with E-state index in [-0.39, 0.29) is 11.5 Å². The number of anilines is 2. The SMILES string of the molecule is CC(=O)Nc1ccc(NC=C(C#N)C#N)c(C)c1. The van der Waals surface area contributed by atoms with Crippen molar-refractivity contribution >= 4 is 17.3 Å². The summed E-state index contributed by atoms with van der Waals surface area (Å²) in [7, 11) is 0. The van der Waals surface area contributed by atoms with E-state index in [1.807, 2.05) is 6.92 Å².